The molecule has 6 heteroatoms. The van der Waals surface area contributed by atoms with Gasteiger partial charge in [0.25, 0.3) is 5.91 Å². The molecule has 2 N–H and O–H groups in total. The lowest BCUT2D eigenvalue weighted by Crippen LogP contribution is -2.42. The topological polar surface area (TPSA) is 75.3 Å². The van der Waals surface area contributed by atoms with Gasteiger partial charge in [0.15, 0.2) is 0 Å². The fourth-order valence-electron chi connectivity index (χ4n) is 0.956. The molecule has 0 bridgehead atoms. The highest BCUT2D eigenvalue weighted by Crippen LogP contribution is 1.97. The fraction of sp³-hybridized carbons (Fsp3) is 0.100. The van der Waals surface area contributed by atoms with Crippen LogP contribution in [0.25, 0.3) is 0 Å². The number of imide groups is 2. The molecule has 0 aromatic heterocycles. The number of hydrogen-bond acceptors (Lipinski definition) is 3. The zero-order valence-electron chi connectivity index (χ0n) is 8.20. The van der Waals surface area contributed by atoms with Crippen LogP contribution in [0.2, 0.25) is 0 Å². The molecule has 0 unspecified atom stereocenters. The first kappa shape index (κ1) is 12.2. The van der Waals surface area contributed by atoms with Crippen LogP contribution in [-0.4, -0.2) is 23.7 Å². The number of carbonyl (C=O) groups is 3. The van der Waals surface area contributed by atoms with Crippen LogP contribution in [-0.2, 0) is 4.79 Å². The quantitative estimate of drug-likeness (QED) is 0.754. The lowest BCUT2D eigenvalue weighted by atomic mass is 10.2. The second-order valence-electron chi connectivity index (χ2n) is 2.83. The number of nitrogens with one attached hydrogen (secondary N) is 2. The lowest BCUT2D eigenvalue weighted by molar-refractivity contribution is -0.117. The van der Waals surface area contributed by atoms with Crippen molar-refractivity contribution in [3.63, 3.8) is 0 Å². The first-order valence-corrected chi connectivity index (χ1v) is 4.93. The molecule has 1 rings (SSSR count). The van der Waals surface area contributed by atoms with Gasteiger partial charge in [-0.1, -0.05) is 18.2 Å². The van der Waals surface area contributed by atoms with Crippen LogP contribution in [0.1, 0.15) is 10.4 Å². The predicted octanol–water partition coefficient (Wildman–Crippen LogP) is 0.891. The maximum absolute atomic E-state index is 11.4. The largest absolute Gasteiger partial charge is 0.328 e. The Kier molecular flexibility index (Phi) is 4.47. The molecule has 0 radical (unpaired) electrons. The second-order valence-corrected chi connectivity index (χ2v) is 3.10. The summed E-state index contributed by atoms with van der Waals surface area (Å²) in [6.07, 6.45) is 0. The summed E-state index contributed by atoms with van der Waals surface area (Å²) in [5.74, 6) is -1.59. The second kappa shape index (κ2) is 5.87. The van der Waals surface area contributed by atoms with Gasteiger partial charge in [-0.3, -0.25) is 20.2 Å². The van der Waals surface area contributed by atoms with E-state index in [1.54, 1.807) is 30.3 Å². The van der Waals surface area contributed by atoms with Crippen LogP contribution in [0.3, 0.4) is 0 Å². The van der Waals surface area contributed by atoms with Crippen LogP contribution in [0.4, 0.5) is 4.79 Å². The summed E-state index contributed by atoms with van der Waals surface area (Å²) in [5, 5.41) is 3.88. The zero-order valence-corrected chi connectivity index (χ0v) is 8.95. The molecule has 0 aliphatic heterocycles. The Hall–Kier alpha value is -1.88. The zero-order chi connectivity index (χ0) is 12.0. The van der Waals surface area contributed by atoms with Crippen LogP contribution >= 0.6 is 11.6 Å². The lowest BCUT2D eigenvalue weighted by Gasteiger charge is -2.03. The smallest absolute Gasteiger partial charge is 0.277 e. The monoisotopic (exact) mass is 240 g/mol. The number of benzene rings is 1. The average Bonchev–Trinajstić information content (AvgIpc) is 2.29. The summed E-state index contributed by atoms with van der Waals surface area (Å²) >= 11 is 5.17. The molecule has 0 saturated carbocycles. The highest BCUT2D eigenvalue weighted by molar-refractivity contribution is 6.28. The van der Waals surface area contributed by atoms with Gasteiger partial charge in [0, 0.05) is 5.56 Å². The number of alkyl halides is 1. The molecule has 0 fully saturated rings. The molecule has 0 heterocycles. The third kappa shape index (κ3) is 3.70. The molecule has 84 valence electrons. The molecular formula is C10H9ClN2O3. The summed E-state index contributed by atoms with van der Waals surface area (Å²) < 4.78 is 0. The third-order valence-electron chi connectivity index (χ3n) is 1.64. The van der Waals surface area contributed by atoms with E-state index in [2.05, 4.69) is 0 Å². The van der Waals surface area contributed by atoms with Crippen molar-refractivity contribution in [3.8, 4) is 0 Å². The number of hydrogen-bond donors (Lipinski definition) is 2. The summed E-state index contributed by atoms with van der Waals surface area (Å²) in [4.78, 5) is 33.2. The van der Waals surface area contributed by atoms with Crippen molar-refractivity contribution in [2.24, 2.45) is 0 Å². The van der Waals surface area contributed by atoms with E-state index in [0.717, 1.165) is 0 Å². The molecule has 5 nitrogen and oxygen atoms in total. The van der Waals surface area contributed by atoms with Gasteiger partial charge < -0.3 is 0 Å². The fourth-order valence-corrected chi connectivity index (χ4v) is 1.02. The number of urea groups is 1. The van der Waals surface area contributed by atoms with E-state index in [4.69, 9.17) is 11.6 Å². The minimum absolute atomic E-state index is 0.330. The Morgan fingerprint density at radius 3 is 2.25 bits per heavy atom. The van der Waals surface area contributed by atoms with Crippen molar-refractivity contribution < 1.29 is 14.4 Å². The maximum Gasteiger partial charge on any atom is 0.328 e. The maximum atomic E-state index is 11.4. The molecule has 0 aliphatic rings. The Morgan fingerprint density at radius 2 is 1.69 bits per heavy atom. The van der Waals surface area contributed by atoms with Gasteiger partial charge in [0.1, 0.15) is 5.88 Å². The van der Waals surface area contributed by atoms with Crippen molar-refractivity contribution in [3.05, 3.63) is 35.9 Å². The predicted molar refractivity (Wildman–Crippen MR) is 58.2 cm³/mol. The first-order valence-electron chi connectivity index (χ1n) is 4.39. The molecule has 1 aromatic rings. The molecule has 1 aromatic carbocycles. The van der Waals surface area contributed by atoms with Crippen LogP contribution in [0.15, 0.2) is 30.3 Å². The number of rotatable bonds is 2. The van der Waals surface area contributed by atoms with Gasteiger partial charge in [0.05, 0.1) is 0 Å². The Bertz CT molecular complexity index is 406. The highest BCUT2D eigenvalue weighted by atomic mass is 35.5. The van der Waals surface area contributed by atoms with E-state index in [0.29, 0.717) is 5.56 Å². The Morgan fingerprint density at radius 1 is 1.06 bits per heavy atom. The van der Waals surface area contributed by atoms with Gasteiger partial charge in [-0.05, 0) is 12.1 Å². The normalized spacial score (nSPS) is 9.31. The summed E-state index contributed by atoms with van der Waals surface area (Å²) in [7, 11) is 0. The minimum atomic E-state index is -0.889. The highest BCUT2D eigenvalue weighted by Gasteiger charge is 2.11. The van der Waals surface area contributed by atoms with E-state index in [-0.39, 0.29) is 5.88 Å². The Labute approximate surface area is 96.8 Å². The van der Waals surface area contributed by atoms with Crippen molar-refractivity contribution in [1.29, 1.82) is 0 Å². The van der Waals surface area contributed by atoms with Gasteiger partial charge >= 0.3 is 6.03 Å². The van der Waals surface area contributed by atoms with Crippen LogP contribution in [0.5, 0.6) is 0 Å². The standard InChI is InChI=1S/C10H9ClN2O3/c11-6-8(14)12-10(16)13-9(15)7-4-2-1-3-5-7/h1-5H,6H2,(H2,12,13,14,15,16). The van der Waals surface area contributed by atoms with Gasteiger partial charge in [-0.25, -0.2) is 4.79 Å². The number of halogens is 1. The van der Waals surface area contributed by atoms with Crippen molar-refractivity contribution >= 4 is 29.4 Å². The Balaban J connectivity index is 2.52. The van der Waals surface area contributed by atoms with E-state index < -0.39 is 17.8 Å². The van der Waals surface area contributed by atoms with Gasteiger partial charge in [-0.2, -0.15) is 0 Å². The van der Waals surface area contributed by atoms with Crippen molar-refractivity contribution in [1.82, 2.24) is 10.6 Å². The number of carbonyl (C=O) groups excluding carboxylic acids is 3. The van der Waals surface area contributed by atoms with E-state index in [1.165, 1.54) is 0 Å². The van der Waals surface area contributed by atoms with Crippen molar-refractivity contribution in [2.45, 2.75) is 0 Å². The van der Waals surface area contributed by atoms with E-state index >= 15 is 0 Å². The number of amides is 4. The molecule has 0 aliphatic carbocycles. The minimum Gasteiger partial charge on any atom is -0.277 e. The average molecular weight is 241 g/mol. The molecule has 0 atom stereocenters. The van der Waals surface area contributed by atoms with Gasteiger partial charge in [0.2, 0.25) is 5.91 Å². The summed E-state index contributed by atoms with van der Waals surface area (Å²) in [5.41, 5.74) is 0.330. The van der Waals surface area contributed by atoms with Gasteiger partial charge in [-0.15, -0.1) is 11.6 Å². The summed E-state index contributed by atoms with van der Waals surface area (Å²) in [6.45, 7) is 0. The van der Waals surface area contributed by atoms with Crippen molar-refractivity contribution in [2.75, 3.05) is 5.88 Å². The van der Waals surface area contributed by atoms with E-state index in [9.17, 15) is 14.4 Å². The van der Waals surface area contributed by atoms with Crippen LogP contribution < -0.4 is 10.6 Å². The molecular weight excluding hydrogens is 232 g/mol. The van der Waals surface area contributed by atoms with E-state index in [1.807, 2.05) is 10.6 Å². The molecule has 0 saturated heterocycles. The molecule has 4 amide bonds. The van der Waals surface area contributed by atoms with Crippen LogP contribution in [0, 0.1) is 0 Å². The SMILES string of the molecule is O=C(CCl)NC(=O)NC(=O)c1ccccc1. The molecule has 16 heavy (non-hydrogen) atoms. The summed E-state index contributed by atoms with van der Waals surface area (Å²) in [6, 6.07) is 7.28. The third-order valence-corrected chi connectivity index (χ3v) is 1.88. The first-order chi connectivity index (χ1) is 7.63. The molecule has 0 spiro atoms.